The third-order valence-corrected chi connectivity index (χ3v) is 8.52. The minimum Gasteiger partial charge on any atom is -0.415 e. The van der Waals surface area contributed by atoms with Crippen LogP contribution in [0.5, 0.6) is 0 Å². The molecule has 1 aliphatic heterocycles. The van der Waals surface area contributed by atoms with Gasteiger partial charge >= 0.3 is 6.43 Å². The minimum atomic E-state index is -2.87. The lowest BCUT2D eigenvalue weighted by Gasteiger charge is -2.30. The molecule has 0 N–H and O–H groups in total. The molecule has 176 valence electrons. The van der Waals surface area contributed by atoms with Crippen LogP contribution in [0.15, 0.2) is 40.9 Å². The number of aromatic nitrogens is 3. The molecule has 1 fully saturated rings. The second-order valence-corrected chi connectivity index (χ2v) is 11.0. The Labute approximate surface area is 197 Å². The fourth-order valence-electron chi connectivity index (χ4n) is 3.28. The Hall–Kier alpha value is -2.31. The van der Waals surface area contributed by atoms with Crippen molar-refractivity contribution in [1.29, 1.82) is 0 Å². The summed E-state index contributed by atoms with van der Waals surface area (Å²) < 4.78 is 70.7. The first-order valence-electron chi connectivity index (χ1n) is 9.87. The van der Waals surface area contributed by atoms with Crippen molar-refractivity contribution in [3.05, 3.63) is 59.0 Å². The zero-order valence-electron chi connectivity index (χ0n) is 17.0. The van der Waals surface area contributed by atoms with Gasteiger partial charge in [0, 0.05) is 28.5 Å². The summed E-state index contributed by atoms with van der Waals surface area (Å²) in [4.78, 5) is 4.31. The number of pyridine rings is 1. The first-order chi connectivity index (χ1) is 15.8. The standard InChI is InChI=1S/C20H18ClF3N4O3S2/c21-16-9-14(3-4-17(16)22)28(33(30)15-5-7-32(29)8-6-15)11-13-2-1-12(10-25-13)19-26-27-20(31-19)18(23)24/h1-4,9-10,15,18H,5-8,11H2. The molecule has 3 heterocycles. The van der Waals surface area contributed by atoms with Crippen LogP contribution in [0.3, 0.4) is 0 Å². The van der Waals surface area contributed by atoms with Crippen LogP contribution in [-0.4, -0.2) is 40.4 Å². The molecule has 0 amide bonds. The van der Waals surface area contributed by atoms with Gasteiger partial charge < -0.3 is 4.42 Å². The molecule has 0 saturated carbocycles. The first-order valence-corrected chi connectivity index (χ1v) is 12.9. The van der Waals surface area contributed by atoms with Crippen LogP contribution in [0.25, 0.3) is 11.5 Å². The van der Waals surface area contributed by atoms with Gasteiger partial charge in [-0.1, -0.05) is 11.6 Å². The maximum Gasteiger partial charge on any atom is 0.314 e. The predicted molar refractivity (Wildman–Crippen MR) is 119 cm³/mol. The van der Waals surface area contributed by atoms with Crippen molar-refractivity contribution in [2.75, 3.05) is 15.8 Å². The number of nitrogens with zero attached hydrogens (tertiary/aromatic N) is 4. The zero-order valence-corrected chi connectivity index (χ0v) is 19.4. The van der Waals surface area contributed by atoms with E-state index < -0.39 is 39.9 Å². The Balaban J connectivity index is 1.58. The molecule has 1 saturated heterocycles. The number of halogens is 4. The number of alkyl halides is 2. The van der Waals surface area contributed by atoms with Crippen LogP contribution < -0.4 is 4.31 Å². The Bertz CT molecular complexity index is 1170. The summed E-state index contributed by atoms with van der Waals surface area (Å²) in [5, 5.41) is 6.56. The maximum atomic E-state index is 13.7. The van der Waals surface area contributed by atoms with Crippen LogP contribution in [0.4, 0.5) is 18.9 Å². The van der Waals surface area contributed by atoms with Gasteiger partial charge in [0.2, 0.25) is 5.89 Å². The van der Waals surface area contributed by atoms with Crippen LogP contribution in [-0.2, 0) is 28.3 Å². The molecule has 33 heavy (non-hydrogen) atoms. The predicted octanol–water partition coefficient (Wildman–Crippen LogP) is 4.44. The SMILES string of the molecule is O=S1CCC(S(=O)N(Cc2ccc(-c3nnc(C(F)F)o3)cn2)c2ccc(F)c(Cl)c2)CC1. The quantitative estimate of drug-likeness (QED) is 0.459. The lowest BCUT2D eigenvalue weighted by molar-refractivity contribution is 0.116. The van der Waals surface area contributed by atoms with Crippen molar-refractivity contribution in [2.24, 2.45) is 0 Å². The normalized spacial score (nSPS) is 19.5. The molecule has 0 bridgehead atoms. The molecule has 4 rings (SSSR count). The third kappa shape index (κ3) is 5.61. The fourth-order valence-corrected chi connectivity index (χ4v) is 6.64. The summed E-state index contributed by atoms with van der Waals surface area (Å²) in [6, 6.07) is 7.28. The lowest BCUT2D eigenvalue weighted by atomic mass is 10.2. The highest BCUT2D eigenvalue weighted by Gasteiger charge is 2.29. The average Bonchev–Trinajstić information content (AvgIpc) is 3.31. The van der Waals surface area contributed by atoms with Crippen molar-refractivity contribution in [3.8, 4) is 11.5 Å². The van der Waals surface area contributed by atoms with Gasteiger partial charge in [-0.15, -0.1) is 10.2 Å². The Morgan fingerprint density at radius 2 is 1.97 bits per heavy atom. The monoisotopic (exact) mass is 518 g/mol. The second kappa shape index (κ2) is 10.3. The molecule has 2 aromatic heterocycles. The fraction of sp³-hybridized carbons (Fsp3) is 0.350. The van der Waals surface area contributed by atoms with E-state index in [9.17, 15) is 21.6 Å². The van der Waals surface area contributed by atoms with Gasteiger partial charge in [0.1, 0.15) is 16.8 Å². The van der Waals surface area contributed by atoms with E-state index in [1.165, 1.54) is 24.4 Å². The number of hydrogen-bond donors (Lipinski definition) is 0. The maximum absolute atomic E-state index is 13.7. The molecule has 0 aliphatic carbocycles. The highest BCUT2D eigenvalue weighted by molar-refractivity contribution is 7.88. The second-order valence-electron chi connectivity index (χ2n) is 7.24. The van der Waals surface area contributed by atoms with Crippen molar-refractivity contribution in [3.63, 3.8) is 0 Å². The minimum absolute atomic E-state index is 0.0923. The largest absolute Gasteiger partial charge is 0.415 e. The molecular weight excluding hydrogens is 501 g/mol. The van der Waals surface area contributed by atoms with Gasteiger partial charge in [0.25, 0.3) is 5.89 Å². The molecule has 13 heteroatoms. The molecule has 1 atom stereocenters. The molecule has 0 radical (unpaired) electrons. The van der Waals surface area contributed by atoms with E-state index in [1.807, 2.05) is 0 Å². The van der Waals surface area contributed by atoms with Crippen molar-refractivity contribution in [1.82, 2.24) is 15.2 Å². The van der Waals surface area contributed by atoms with Crippen molar-refractivity contribution >= 4 is 39.1 Å². The Morgan fingerprint density at radius 3 is 2.58 bits per heavy atom. The van der Waals surface area contributed by atoms with E-state index in [2.05, 4.69) is 15.2 Å². The van der Waals surface area contributed by atoms with E-state index in [1.54, 1.807) is 16.4 Å². The Kier molecular flexibility index (Phi) is 7.45. The van der Waals surface area contributed by atoms with Gasteiger partial charge in [-0.25, -0.2) is 8.60 Å². The molecule has 1 unspecified atom stereocenters. The molecular formula is C20H18ClF3N4O3S2. The van der Waals surface area contributed by atoms with Crippen LogP contribution in [0.2, 0.25) is 5.02 Å². The molecule has 7 nitrogen and oxygen atoms in total. The summed E-state index contributed by atoms with van der Waals surface area (Å²) >= 11 is 5.95. The molecule has 0 spiro atoms. The van der Waals surface area contributed by atoms with Gasteiger partial charge in [0.15, 0.2) is 0 Å². The zero-order chi connectivity index (χ0) is 23.5. The topological polar surface area (TPSA) is 89.2 Å². The number of rotatable bonds is 7. The van der Waals surface area contributed by atoms with E-state index in [0.717, 1.165) is 0 Å². The van der Waals surface area contributed by atoms with Crippen LogP contribution in [0.1, 0.15) is 30.9 Å². The summed E-state index contributed by atoms with van der Waals surface area (Å²) in [7, 11) is -2.42. The van der Waals surface area contributed by atoms with Crippen LogP contribution >= 0.6 is 11.6 Å². The number of anilines is 1. The highest BCUT2D eigenvalue weighted by atomic mass is 35.5. The molecule has 1 aliphatic rings. The molecule has 3 aromatic rings. The third-order valence-electron chi connectivity index (χ3n) is 5.03. The van der Waals surface area contributed by atoms with Gasteiger partial charge in [-0.05, 0) is 43.2 Å². The molecule has 1 aromatic carbocycles. The summed E-state index contributed by atoms with van der Waals surface area (Å²) in [6.07, 6.45) is -0.399. The smallest absolute Gasteiger partial charge is 0.314 e. The highest BCUT2D eigenvalue weighted by Crippen LogP contribution is 2.29. The van der Waals surface area contributed by atoms with Crippen molar-refractivity contribution < 1.29 is 26.0 Å². The van der Waals surface area contributed by atoms with Crippen molar-refractivity contribution in [2.45, 2.75) is 31.1 Å². The summed E-state index contributed by atoms with van der Waals surface area (Å²) in [5.41, 5.74) is 1.32. The van der Waals surface area contributed by atoms with Crippen LogP contribution in [0, 0.1) is 5.82 Å². The van der Waals surface area contributed by atoms with Gasteiger partial charge in [-0.3, -0.25) is 13.5 Å². The van der Waals surface area contributed by atoms with E-state index in [4.69, 9.17) is 16.0 Å². The lowest BCUT2D eigenvalue weighted by Crippen LogP contribution is -2.37. The number of hydrogen-bond acceptors (Lipinski definition) is 6. The van der Waals surface area contributed by atoms with Gasteiger partial charge in [-0.2, -0.15) is 8.78 Å². The van der Waals surface area contributed by atoms with Gasteiger partial charge in [0.05, 0.1) is 33.8 Å². The summed E-state index contributed by atoms with van der Waals surface area (Å²) in [5.74, 6) is -0.509. The summed E-state index contributed by atoms with van der Waals surface area (Å²) in [6.45, 7) is 0.112. The average molecular weight is 519 g/mol. The Morgan fingerprint density at radius 1 is 1.21 bits per heavy atom. The van der Waals surface area contributed by atoms with E-state index in [-0.39, 0.29) is 22.7 Å². The first kappa shape index (κ1) is 23.8. The number of benzene rings is 1. The van der Waals surface area contributed by atoms with E-state index >= 15 is 0 Å². The van der Waals surface area contributed by atoms with E-state index in [0.29, 0.717) is 41.3 Å².